The van der Waals surface area contributed by atoms with Crippen molar-refractivity contribution < 1.29 is 5.11 Å². The maximum Gasteiger partial charge on any atom is 0.115 e. The van der Waals surface area contributed by atoms with Crippen molar-refractivity contribution in [3.05, 3.63) is 47.3 Å². The van der Waals surface area contributed by atoms with Gasteiger partial charge in [-0.15, -0.1) is 0 Å². The van der Waals surface area contributed by atoms with E-state index in [0.717, 1.165) is 17.8 Å². The van der Waals surface area contributed by atoms with Crippen LogP contribution in [0.15, 0.2) is 30.5 Å². The van der Waals surface area contributed by atoms with Gasteiger partial charge in [-0.1, -0.05) is 12.1 Å². The number of hydrogen-bond acceptors (Lipinski definition) is 3. The van der Waals surface area contributed by atoms with Gasteiger partial charge in [-0.3, -0.25) is 4.68 Å². The molecule has 0 saturated carbocycles. The normalized spacial score (nSPS) is 11.8. The summed E-state index contributed by atoms with van der Waals surface area (Å²) in [6, 6.07) is 7.29. The van der Waals surface area contributed by atoms with E-state index in [-0.39, 0.29) is 5.54 Å². The van der Waals surface area contributed by atoms with Gasteiger partial charge in [-0.25, -0.2) is 0 Å². The number of hydrogen-bond donors (Lipinski definition) is 2. The van der Waals surface area contributed by atoms with Crippen molar-refractivity contribution >= 4 is 0 Å². The number of aromatic nitrogens is 2. The molecule has 2 aromatic rings. The van der Waals surface area contributed by atoms with E-state index in [1.165, 1.54) is 5.56 Å². The van der Waals surface area contributed by atoms with Crippen molar-refractivity contribution in [3.8, 4) is 5.75 Å². The van der Waals surface area contributed by atoms with Crippen LogP contribution >= 0.6 is 0 Å². The smallest absolute Gasteiger partial charge is 0.115 e. The quantitative estimate of drug-likeness (QED) is 0.900. The maximum atomic E-state index is 9.48. The summed E-state index contributed by atoms with van der Waals surface area (Å²) in [5.41, 5.74) is 3.39. The van der Waals surface area contributed by atoms with Crippen molar-refractivity contribution in [3.63, 3.8) is 0 Å². The Bertz CT molecular complexity index is 582. The Morgan fingerprint density at radius 3 is 2.70 bits per heavy atom. The molecule has 1 heterocycles. The van der Waals surface area contributed by atoms with Crippen LogP contribution in [-0.2, 0) is 13.1 Å². The molecule has 108 valence electrons. The summed E-state index contributed by atoms with van der Waals surface area (Å²) in [6.45, 7) is 9.97. The average Bonchev–Trinajstić information content (AvgIpc) is 2.66. The summed E-state index contributed by atoms with van der Waals surface area (Å²) in [7, 11) is 0. The Morgan fingerprint density at radius 1 is 1.30 bits per heavy atom. The van der Waals surface area contributed by atoms with Gasteiger partial charge in [0.15, 0.2) is 0 Å². The van der Waals surface area contributed by atoms with Crippen molar-refractivity contribution in [2.75, 3.05) is 0 Å². The fraction of sp³-hybridized carbons (Fsp3) is 0.438. The molecular formula is C16H23N3O. The van der Waals surface area contributed by atoms with E-state index in [9.17, 15) is 5.11 Å². The van der Waals surface area contributed by atoms with E-state index in [4.69, 9.17) is 0 Å². The van der Waals surface area contributed by atoms with Gasteiger partial charge in [0.2, 0.25) is 0 Å². The number of aromatic hydroxyl groups is 1. The highest BCUT2D eigenvalue weighted by Crippen LogP contribution is 2.14. The van der Waals surface area contributed by atoms with Gasteiger partial charge in [0.05, 0.1) is 12.2 Å². The minimum absolute atomic E-state index is 0.0970. The Labute approximate surface area is 120 Å². The number of phenolic OH excluding ortho intramolecular Hbond substituents is 1. The van der Waals surface area contributed by atoms with E-state index < -0.39 is 0 Å². The molecular weight excluding hydrogens is 250 g/mol. The minimum atomic E-state index is 0.0970. The zero-order valence-corrected chi connectivity index (χ0v) is 12.6. The lowest BCUT2D eigenvalue weighted by Crippen LogP contribution is -2.35. The second-order valence-electron chi connectivity index (χ2n) is 6.21. The van der Waals surface area contributed by atoms with Crippen LogP contribution in [0.3, 0.4) is 0 Å². The lowest BCUT2D eigenvalue weighted by molar-refractivity contribution is 0.423. The Morgan fingerprint density at radius 2 is 2.05 bits per heavy atom. The minimum Gasteiger partial charge on any atom is -0.508 e. The predicted octanol–water partition coefficient (Wildman–Crippen LogP) is 2.83. The highest BCUT2D eigenvalue weighted by molar-refractivity contribution is 5.27. The van der Waals surface area contributed by atoms with Crippen molar-refractivity contribution in [2.24, 2.45) is 0 Å². The fourth-order valence-electron chi connectivity index (χ4n) is 2.02. The fourth-order valence-corrected chi connectivity index (χ4v) is 2.02. The first kappa shape index (κ1) is 14.6. The second-order valence-corrected chi connectivity index (χ2v) is 6.21. The number of benzene rings is 1. The van der Waals surface area contributed by atoms with Crippen molar-refractivity contribution in [1.82, 2.24) is 15.1 Å². The van der Waals surface area contributed by atoms with E-state index in [2.05, 4.69) is 37.4 Å². The first-order chi connectivity index (χ1) is 9.33. The number of phenols is 1. The predicted molar refractivity (Wildman–Crippen MR) is 80.8 cm³/mol. The highest BCUT2D eigenvalue weighted by Gasteiger charge is 2.11. The molecule has 0 aliphatic rings. The van der Waals surface area contributed by atoms with E-state index in [1.54, 1.807) is 12.1 Å². The van der Waals surface area contributed by atoms with E-state index in [1.807, 2.05) is 23.7 Å². The van der Waals surface area contributed by atoms with Crippen molar-refractivity contribution in [1.29, 1.82) is 0 Å². The molecule has 0 aliphatic carbocycles. The van der Waals surface area contributed by atoms with Crippen LogP contribution in [0.4, 0.5) is 0 Å². The maximum absolute atomic E-state index is 9.48. The molecule has 0 radical (unpaired) electrons. The standard InChI is InChI=1S/C16H23N3O/c1-12-14(9-17-16(2,3)4)11-19(18-12)10-13-6-5-7-15(20)8-13/h5-8,11,17,20H,9-10H2,1-4H3. The number of nitrogens with zero attached hydrogens (tertiary/aromatic N) is 2. The molecule has 1 aromatic heterocycles. The molecule has 0 spiro atoms. The summed E-state index contributed by atoms with van der Waals surface area (Å²) in [6.07, 6.45) is 2.07. The molecule has 1 aromatic carbocycles. The SMILES string of the molecule is Cc1nn(Cc2cccc(O)c2)cc1CNC(C)(C)C. The average molecular weight is 273 g/mol. The number of aryl methyl sites for hydroxylation is 1. The van der Waals surface area contributed by atoms with Crippen LogP contribution in [0.1, 0.15) is 37.6 Å². The monoisotopic (exact) mass is 273 g/mol. The molecule has 0 fully saturated rings. The molecule has 0 unspecified atom stereocenters. The highest BCUT2D eigenvalue weighted by atomic mass is 16.3. The summed E-state index contributed by atoms with van der Waals surface area (Å²) >= 11 is 0. The lowest BCUT2D eigenvalue weighted by Gasteiger charge is -2.20. The Kier molecular flexibility index (Phi) is 4.14. The van der Waals surface area contributed by atoms with Crippen LogP contribution in [-0.4, -0.2) is 20.4 Å². The summed E-state index contributed by atoms with van der Waals surface area (Å²) < 4.78 is 1.92. The third-order valence-corrected chi connectivity index (χ3v) is 3.11. The molecule has 0 atom stereocenters. The molecule has 0 amide bonds. The molecule has 2 N–H and O–H groups in total. The van der Waals surface area contributed by atoms with E-state index in [0.29, 0.717) is 12.3 Å². The van der Waals surface area contributed by atoms with Gasteiger partial charge in [-0.2, -0.15) is 5.10 Å². The summed E-state index contributed by atoms with van der Waals surface area (Å²) in [5.74, 6) is 0.293. The summed E-state index contributed by atoms with van der Waals surface area (Å²) in [5, 5.41) is 17.5. The first-order valence-electron chi connectivity index (χ1n) is 6.89. The molecule has 20 heavy (non-hydrogen) atoms. The molecule has 4 nitrogen and oxygen atoms in total. The lowest BCUT2D eigenvalue weighted by atomic mass is 10.1. The van der Waals surface area contributed by atoms with Crippen LogP contribution in [0.2, 0.25) is 0 Å². The van der Waals surface area contributed by atoms with Gasteiger partial charge in [0, 0.05) is 23.8 Å². The second kappa shape index (κ2) is 5.67. The van der Waals surface area contributed by atoms with Crippen molar-refractivity contribution in [2.45, 2.75) is 46.3 Å². The van der Waals surface area contributed by atoms with Gasteiger partial charge >= 0.3 is 0 Å². The van der Waals surface area contributed by atoms with Crippen LogP contribution in [0, 0.1) is 6.92 Å². The van der Waals surface area contributed by atoms with Gasteiger partial charge < -0.3 is 10.4 Å². The van der Waals surface area contributed by atoms with Gasteiger partial charge in [0.25, 0.3) is 0 Å². The third kappa shape index (κ3) is 4.10. The van der Waals surface area contributed by atoms with E-state index >= 15 is 0 Å². The zero-order chi connectivity index (χ0) is 14.8. The van der Waals surface area contributed by atoms with Crippen LogP contribution < -0.4 is 5.32 Å². The molecule has 4 heteroatoms. The largest absolute Gasteiger partial charge is 0.508 e. The first-order valence-corrected chi connectivity index (χ1v) is 6.89. The number of rotatable bonds is 4. The zero-order valence-electron chi connectivity index (χ0n) is 12.6. The third-order valence-electron chi connectivity index (χ3n) is 3.11. The molecule has 0 bridgehead atoms. The molecule has 0 saturated heterocycles. The summed E-state index contributed by atoms with van der Waals surface area (Å²) in [4.78, 5) is 0. The van der Waals surface area contributed by atoms with Gasteiger partial charge in [-0.05, 0) is 45.4 Å². The van der Waals surface area contributed by atoms with Crippen LogP contribution in [0.5, 0.6) is 5.75 Å². The van der Waals surface area contributed by atoms with Crippen LogP contribution in [0.25, 0.3) is 0 Å². The molecule has 0 aliphatic heterocycles. The number of nitrogens with one attached hydrogen (secondary N) is 1. The topological polar surface area (TPSA) is 50.1 Å². The van der Waals surface area contributed by atoms with Gasteiger partial charge in [0.1, 0.15) is 5.75 Å². The Balaban J connectivity index is 2.07. The Hall–Kier alpha value is -1.81. The molecule has 2 rings (SSSR count).